The summed E-state index contributed by atoms with van der Waals surface area (Å²) >= 11 is 6.45. The molecule has 0 saturated heterocycles. The second-order valence-electron chi connectivity index (χ2n) is 9.78. The number of nitrogens with one attached hydrogen (secondary N) is 1. The molecule has 0 saturated carbocycles. The van der Waals surface area contributed by atoms with Gasteiger partial charge in [-0.2, -0.15) is 5.10 Å². The van der Waals surface area contributed by atoms with Crippen LogP contribution in [0.3, 0.4) is 0 Å². The topological polar surface area (TPSA) is 115 Å². The number of ether oxygens (including phenoxy) is 5. The molecule has 220 valence electrons. The third-order valence-electron chi connectivity index (χ3n) is 7.49. The number of halogens is 1. The maximum atomic E-state index is 13.9. The van der Waals surface area contributed by atoms with Gasteiger partial charge in [0.1, 0.15) is 17.1 Å². The summed E-state index contributed by atoms with van der Waals surface area (Å²) < 4.78 is 27.7. The molecule has 4 aromatic rings. The molecule has 0 radical (unpaired) electrons. The van der Waals surface area contributed by atoms with Gasteiger partial charge in [0.25, 0.3) is 5.91 Å². The van der Waals surface area contributed by atoms with Crippen LogP contribution in [0.2, 0.25) is 5.02 Å². The first-order chi connectivity index (χ1) is 20.3. The van der Waals surface area contributed by atoms with Crippen LogP contribution in [0.15, 0.2) is 42.5 Å². The molecule has 2 N–H and O–H groups in total. The summed E-state index contributed by atoms with van der Waals surface area (Å²) in [5, 5.41) is 18.8. The molecule has 1 aliphatic rings. The number of carbonyl (C=O) groups excluding carboxylic acids is 1. The Morgan fingerprint density at radius 1 is 0.905 bits per heavy atom. The van der Waals surface area contributed by atoms with Gasteiger partial charge in [0.15, 0.2) is 23.0 Å². The van der Waals surface area contributed by atoms with Crippen molar-refractivity contribution in [3.63, 3.8) is 0 Å². The minimum atomic E-state index is -0.602. The van der Waals surface area contributed by atoms with E-state index < -0.39 is 6.04 Å². The first kappa shape index (κ1) is 28.9. The number of hydrogen-bond acceptors (Lipinski definition) is 8. The molecule has 5 rings (SSSR count). The van der Waals surface area contributed by atoms with Crippen LogP contribution in [0.1, 0.15) is 38.8 Å². The highest BCUT2D eigenvalue weighted by Gasteiger charge is 2.43. The molecule has 1 atom stereocenters. The molecule has 11 heteroatoms. The fourth-order valence-corrected chi connectivity index (χ4v) is 5.54. The van der Waals surface area contributed by atoms with E-state index in [-0.39, 0.29) is 11.7 Å². The number of methoxy groups -OCH3 is 5. The molecule has 3 aromatic carbocycles. The van der Waals surface area contributed by atoms with Gasteiger partial charge in [-0.25, -0.2) is 0 Å². The van der Waals surface area contributed by atoms with E-state index in [1.165, 1.54) is 21.3 Å². The Labute approximate surface area is 248 Å². The van der Waals surface area contributed by atoms with Crippen molar-refractivity contribution in [3.8, 4) is 45.8 Å². The molecular weight excluding hydrogens is 562 g/mol. The van der Waals surface area contributed by atoms with Gasteiger partial charge in [-0.05, 0) is 66.4 Å². The third-order valence-corrected chi connectivity index (χ3v) is 7.90. The number of aromatic amines is 1. The number of rotatable bonds is 10. The van der Waals surface area contributed by atoms with E-state index in [1.807, 2.05) is 30.3 Å². The van der Waals surface area contributed by atoms with Crippen molar-refractivity contribution in [2.75, 3.05) is 42.1 Å². The molecule has 0 bridgehead atoms. The van der Waals surface area contributed by atoms with Crippen LogP contribution in [-0.2, 0) is 6.42 Å². The number of aromatic nitrogens is 2. The molecule has 1 amide bonds. The highest BCUT2D eigenvalue weighted by molar-refractivity contribution is 6.31. The lowest BCUT2D eigenvalue weighted by molar-refractivity contribution is 0.0745. The van der Waals surface area contributed by atoms with Crippen molar-refractivity contribution in [2.24, 2.45) is 0 Å². The number of hydrogen-bond donors (Lipinski definition) is 2. The van der Waals surface area contributed by atoms with Gasteiger partial charge in [0.05, 0.1) is 41.6 Å². The monoisotopic (exact) mass is 593 g/mol. The molecule has 0 aliphatic carbocycles. The maximum absolute atomic E-state index is 13.9. The van der Waals surface area contributed by atoms with Crippen LogP contribution >= 0.6 is 11.6 Å². The Bertz CT molecular complexity index is 1630. The maximum Gasteiger partial charge on any atom is 0.273 e. The van der Waals surface area contributed by atoms with E-state index in [0.717, 1.165) is 11.1 Å². The molecule has 42 heavy (non-hydrogen) atoms. The van der Waals surface area contributed by atoms with Crippen molar-refractivity contribution in [1.82, 2.24) is 15.1 Å². The van der Waals surface area contributed by atoms with E-state index in [9.17, 15) is 9.90 Å². The van der Waals surface area contributed by atoms with Crippen LogP contribution in [0.5, 0.6) is 34.5 Å². The predicted molar refractivity (Wildman–Crippen MR) is 158 cm³/mol. The normalized spacial score (nSPS) is 14.1. The van der Waals surface area contributed by atoms with E-state index in [1.54, 1.807) is 38.2 Å². The number of fused-ring (bicyclic) bond motifs is 1. The highest BCUT2D eigenvalue weighted by atomic mass is 35.5. The zero-order chi connectivity index (χ0) is 30.1. The van der Waals surface area contributed by atoms with Crippen LogP contribution in [0, 0.1) is 6.92 Å². The molecule has 1 unspecified atom stereocenters. The Morgan fingerprint density at radius 3 is 2.19 bits per heavy atom. The minimum absolute atomic E-state index is 0.00562. The lowest BCUT2D eigenvalue weighted by Crippen LogP contribution is -2.31. The minimum Gasteiger partial charge on any atom is -0.507 e. The number of nitrogens with zero attached hydrogens (tertiary/aromatic N) is 2. The number of amides is 1. The number of phenolic OH excluding ortho intramolecular Hbond substituents is 1. The van der Waals surface area contributed by atoms with Gasteiger partial charge in [0.2, 0.25) is 5.75 Å². The molecular formula is C31H32ClN3O7. The zero-order valence-corrected chi connectivity index (χ0v) is 25.0. The second-order valence-corrected chi connectivity index (χ2v) is 10.2. The average molecular weight is 594 g/mol. The summed E-state index contributed by atoms with van der Waals surface area (Å²) in [7, 11) is 7.78. The van der Waals surface area contributed by atoms with Gasteiger partial charge < -0.3 is 33.7 Å². The second kappa shape index (κ2) is 11.7. The van der Waals surface area contributed by atoms with Gasteiger partial charge >= 0.3 is 0 Å². The Balaban J connectivity index is 1.64. The van der Waals surface area contributed by atoms with Gasteiger partial charge in [-0.15, -0.1) is 0 Å². The summed E-state index contributed by atoms with van der Waals surface area (Å²) in [6.45, 7) is 2.16. The van der Waals surface area contributed by atoms with Crippen molar-refractivity contribution in [1.29, 1.82) is 0 Å². The van der Waals surface area contributed by atoms with Crippen molar-refractivity contribution < 1.29 is 33.6 Å². The van der Waals surface area contributed by atoms with E-state index >= 15 is 0 Å². The van der Waals surface area contributed by atoms with Gasteiger partial charge in [-0.3, -0.25) is 9.89 Å². The van der Waals surface area contributed by atoms with Crippen LogP contribution in [0.4, 0.5) is 0 Å². The lowest BCUT2D eigenvalue weighted by Gasteiger charge is -2.27. The fraction of sp³-hybridized carbons (Fsp3) is 0.290. The van der Waals surface area contributed by atoms with E-state index in [4.69, 9.17) is 35.3 Å². The standard InChI is InChI=1S/C31H32ClN3O7/c1-16-11-21(36)19(15-20(16)32)27-26-28(34-33-27)31(37)35(10-9-17-7-8-22(38-2)23(12-17)39-3)29(26)18-13-24(40-4)30(42-6)25(14-18)41-5/h7-8,11-15,29,36H,9-10H2,1-6H3,(H,33,34). The smallest absolute Gasteiger partial charge is 0.273 e. The number of benzene rings is 3. The largest absolute Gasteiger partial charge is 0.507 e. The Kier molecular flexibility index (Phi) is 8.08. The number of carbonyl (C=O) groups is 1. The van der Waals surface area contributed by atoms with Gasteiger partial charge in [0, 0.05) is 22.7 Å². The van der Waals surface area contributed by atoms with Gasteiger partial charge in [-0.1, -0.05) is 17.7 Å². The summed E-state index contributed by atoms with van der Waals surface area (Å²) in [6.07, 6.45) is 0.529. The van der Waals surface area contributed by atoms with E-state index in [2.05, 4.69) is 10.2 Å². The van der Waals surface area contributed by atoms with Crippen molar-refractivity contribution >= 4 is 17.5 Å². The van der Waals surface area contributed by atoms with Crippen molar-refractivity contribution in [2.45, 2.75) is 19.4 Å². The van der Waals surface area contributed by atoms with E-state index in [0.29, 0.717) is 74.8 Å². The highest BCUT2D eigenvalue weighted by Crippen LogP contribution is 2.48. The summed E-state index contributed by atoms with van der Waals surface area (Å²) in [4.78, 5) is 15.7. The summed E-state index contributed by atoms with van der Waals surface area (Å²) in [6, 6.07) is 11.9. The summed E-state index contributed by atoms with van der Waals surface area (Å²) in [5.74, 6) is 2.31. The number of aryl methyl sites for hydroxylation is 1. The molecule has 0 spiro atoms. The Hall–Kier alpha value is -4.57. The Morgan fingerprint density at radius 2 is 1.57 bits per heavy atom. The quantitative estimate of drug-likeness (QED) is 0.245. The first-order valence-electron chi connectivity index (χ1n) is 13.2. The zero-order valence-electron chi connectivity index (χ0n) is 24.2. The van der Waals surface area contributed by atoms with Crippen LogP contribution < -0.4 is 23.7 Å². The number of H-pyrrole nitrogens is 1. The lowest BCUT2D eigenvalue weighted by atomic mass is 9.94. The average Bonchev–Trinajstić information content (AvgIpc) is 3.55. The molecule has 0 fully saturated rings. The SMILES string of the molecule is COc1ccc(CCN2C(=O)c3[nH]nc(-c4cc(Cl)c(C)cc4O)c3C2c2cc(OC)c(OC)c(OC)c2)cc1OC. The third kappa shape index (κ3) is 4.92. The summed E-state index contributed by atoms with van der Waals surface area (Å²) in [5.41, 5.74) is 4.16. The predicted octanol–water partition coefficient (Wildman–Crippen LogP) is 5.58. The molecule has 1 aliphatic heterocycles. The van der Waals surface area contributed by atoms with Crippen molar-refractivity contribution in [3.05, 3.63) is 75.4 Å². The molecule has 1 aromatic heterocycles. The fourth-order valence-electron chi connectivity index (χ4n) is 5.38. The number of aromatic hydroxyl groups is 1. The molecule has 10 nitrogen and oxygen atoms in total. The van der Waals surface area contributed by atoms with Crippen LogP contribution in [-0.4, -0.2) is 68.2 Å². The number of phenols is 1. The molecule has 2 heterocycles. The first-order valence-corrected chi connectivity index (χ1v) is 13.5. The van der Waals surface area contributed by atoms with Crippen LogP contribution in [0.25, 0.3) is 11.3 Å².